The number of benzene rings is 1. The van der Waals surface area contributed by atoms with Gasteiger partial charge in [-0.05, 0) is 43.4 Å². The molecular formula is C16H20N6. The number of tetrazole rings is 1. The second-order valence-corrected chi connectivity index (χ2v) is 6.12. The summed E-state index contributed by atoms with van der Waals surface area (Å²) < 4.78 is 4.39. The largest absolute Gasteiger partial charge is 0.343 e. The van der Waals surface area contributed by atoms with Crippen molar-refractivity contribution in [3.05, 3.63) is 30.0 Å². The number of hydrogen-bond donors (Lipinski definition) is 0. The number of aromatic nitrogens is 5. The maximum atomic E-state index is 4.29. The van der Waals surface area contributed by atoms with Crippen molar-refractivity contribution in [2.45, 2.75) is 25.9 Å². The van der Waals surface area contributed by atoms with Gasteiger partial charge < -0.3 is 9.47 Å². The van der Waals surface area contributed by atoms with E-state index in [0.717, 1.165) is 38.3 Å². The SMILES string of the molecule is CN(C)CCn1c2c(c3ccccc31)-c1nnnn1CCC2. The molecule has 114 valence electrons. The lowest BCUT2D eigenvalue weighted by Crippen LogP contribution is -2.19. The Balaban J connectivity index is 1.97. The molecule has 1 aromatic carbocycles. The summed E-state index contributed by atoms with van der Waals surface area (Å²) in [6.07, 6.45) is 2.13. The lowest BCUT2D eigenvalue weighted by molar-refractivity contribution is 0.384. The van der Waals surface area contributed by atoms with Crippen molar-refractivity contribution >= 4 is 10.9 Å². The Morgan fingerprint density at radius 2 is 2.09 bits per heavy atom. The molecule has 0 N–H and O–H groups in total. The highest BCUT2D eigenvalue weighted by Crippen LogP contribution is 2.36. The van der Waals surface area contributed by atoms with Crippen molar-refractivity contribution in [2.24, 2.45) is 0 Å². The molecule has 4 rings (SSSR count). The Bertz CT molecular complexity index is 813. The number of hydrogen-bond acceptors (Lipinski definition) is 4. The fourth-order valence-electron chi connectivity index (χ4n) is 3.35. The van der Waals surface area contributed by atoms with E-state index in [0.29, 0.717) is 0 Å². The highest BCUT2D eigenvalue weighted by molar-refractivity contribution is 5.96. The Morgan fingerprint density at radius 1 is 1.23 bits per heavy atom. The molecule has 0 saturated heterocycles. The van der Waals surface area contributed by atoms with Crippen LogP contribution in [-0.2, 0) is 19.5 Å². The molecule has 22 heavy (non-hydrogen) atoms. The van der Waals surface area contributed by atoms with E-state index in [9.17, 15) is 0 Å². The van der Waals surface area contributed by atoms with Crippen LogP contribution in [0.25, 0.3) is 22.3 Å². The van der Waals surface area contributed by atoms with Crippen LogP contribution in [0.5, 0.6) is 0 Å². The third-order valence-electron chi connectivity index (χ3n) is 4.39. The molecule has 0 amide bonds. The first kappa shape index (κ1) is 13.5. The van der Waals surface area contributed by atoms with E-state index in [1.165, 1.54) is 22.2 Å². The Morgan fingerprint density at radius 3 is 2.95 bits per heavy atom. The highest BCUT2D eigenvalue weighted by atomic mass is 15.5. The summed E-state index contributed by atoms with van der Waals surface area (Å²) in [4.78, 5) is 2.22. The molecule has 2 aromatic heterocycles. The van der Waals surface area contributed by atoms with Crippen molar-refractivity contribution in [2.75, 3.05) is 20.6 Å². The summed E-state index contributed by atoms with van der Waals surface area (Å²) in [5, 5.41) is 13.6. The summed E-state index contributed by atoms with van der Waals surface area (Å²) in [5.41, 5.74) is 3.87. The van der Waals surface area contributed by atoms with Gasteiger partial charge in [0.2, 0.25) is 0 Å². The van der Waals surface area contributed by atoms with Gasteiger partial charge in [0.05, 0.1) is 0 Å². The fourth-order valence-corrected chi connectivity index (χ4v) is 3.35. The second-order valence-electron chi connectivity index (χ2n) is 6.12. The van der Waals surface area contributed by atoms with Crippen LogP contribution in [0.4, 0.5) is 0 Å². The lowest BCUT2D eigenvalue weighted by Gasteiger charge is -2.14. The topological polar surface area (TPSA) is 51.8 Å². The summed E-state index contributed by atoms with van der Waals surface area (Å²) in [5.74, 6) is 0.910. The van der Waals surface area contributed by atoms with E-state index >= 15 is 0 Å². The van der Waals surface area contributed by atoms with E-state index in [4.69, 9.17) is 0 Å². The Kier molecular flexibility index (Phi) is 3.18. The fraction of sp³-hybridized carbons (Fsp3) is 0.438. The molecule has 6 nitrogen and oxygen atoms in total. The predicted molar refractivity (Wildman–Crippen MR) is 85.6 cm³/mol. The molecule has 0 unspecified atom stereocenters. The van der Waals surface area contributed by atoms with Crippen molar-refractivity contribution in [1.82, 2.24) is 29.7 Å². The van der Waals surface area contributed by atoms with Crippen molar-refractivity contribution in [1.29, 1.82) is 0 Å². The second kappa shape index (κ2) is 5.21. The first-order valence-corrected chi connectivity index (χ1v) is 7.77. The zero-order valence-corrected chi connectivity index (χ0v) is 13.0. The summed E-state index contributed by atoms with van der Waals surface area (Å²) in [6, 6.07) is 8.59. The van der Waals surface area contributed by atoms with Crippen LogP contribution < -0.4 is 0 Å². The van der Waals surface area contributed by atoms with Crippen LogP contribution in [-0.4, -0.2) is 50.3 Å². The monoisotopic (exact) mass is 296 g/mol. The van der Waals surface area contributed by atoms with E-state index in [1.54, 1.807) is 0 Å². The number of para-hydroxylation sites is 1. The molecule has 0 atom stereocenters. The third-order valence-corrected chi connectivity index (χ3v) is 4.39. The number of rotatable bonds is 3. The number of fused-ring (bicyclic) bond motifs is 5. The van der Waals surface area contributed by atoms with Gasteiger partial charge in [-0.2, -0.15) is 0 Å². The predicted octanol–water partition coefficient (Wildman–Crippen LogP) is 1.80. The standard InChI is InChI=1S/C16H20N6/c1-20(2)10-11-21-13-7-4-3-6-12(13)15-14(21)8-5-9-22-16(15)17-18-19-22/h3-4,6-7H,5,8-11H2,1-2H3. The summed E-state index contributed by atoms with van der Waals surface area (Å²) in [6.45, 7) is 2.90. The molecule has 0 bridgehead atoms. The minimum absolute atomic E-state index is 0.888. The van der Waals surface area contributed by atoms with Gasteiger partial charge >= 0.3 is 0 Å². The Labute approximate surface area is 129 Å². The van der Waals surface area contributed by atoms with E-state index in [-0.39, 0.29) is 0 Å². The van der Waals surface area contributed by atoms with Crippen LogP contribution in [0.2, 0.25) is 0 Å². The molecule has 0 radical (unpaired) electrons. The molecule has 1 aliphatic heterocycles. The smallest absolute Gasteiger partial charge is 0.184 e. The molecule has 3 aromatic rings. The van der Waals surface area contributed by atoms with Gasteiger partial charge in [0.1, 0.15) is 0 Å². The minimum Gasteiger partial charge on any atom is -0.343 e. The quantitative estimate of drug-likeness (QED) is 0.739. The van der Waals surface area contributed by atoms with Gasteiger partial charge in [-0.15, -0.1) is 5.10 Å². The van der Waals surface area contributed by atoms with E-state index in [1.807, 2.05) is 4.68 Å². The van der Waals surface area contributed by atoms with E-state index < -0.39 is 0 Å². The van der Waals surface area contributed by atoms with E-state index in [2.05, 4.69) is 63.4 Å². The summed E-state index contributed by atoms with van der Waals surface area (Å²) >= 11 is 0. The van der Waals surface area contributed by atoms with Crippen molar-refractivity contribution in [3.8, 4) is 11.4 Å². The average Bonchev–Trinajstić information content (AvgIpc) is 3.03. The number of aryl methyl sites for hydroxylation is 1. The first-order chi connectivity index (χ1) is 10.8. The number of likely N-dealkylation sites (N-methyl/N-ethyl adjacent to an activating group) is 1. The zero-order chi connectivity index (χ0) is 15.1. The van der Waals surface area contributed by atoms with Crippen molar-refractivity contribution < 1.29 is 0 Å². The normalized spacial score (nSPS) is 14.1. The lowest BCUT2D eigenvalue weighted by atomic mass is 10.1. The summed E-state index contributed by atoms with van der Waals surface area (Å²) in [7, 11) is 4.23. The molecule has 1 aliphatic rings. The first-order valence-electron chi connectivity index (χ1n) is 7.77. The highest BCUT2D eigenvalue weighted by Gasteiger charge is 2.24. The van der Waals surface area contributed by atoms with Gasteiger partial charge in [-0.1, -0.05) is 18.2 Å². The molecule has 0 spiro atoms. The van der Waals surface area contributed by atoms with Crippen LogP contribution in [0, 0.1) is 0 Å². The van der Waals surface area contributed by atoms with Crippen LogP contribution in [0.3, 0.4) is 0 Å². The maximum absolute atomic E-state index is 4.29. The average molecular weight is 296 g/mol. The van der Waals surface area contributed by atoms with Gasteiger partial charge in [-0.3, -0.25) is 0 Å². The van der Waals surface area contributed by atoms with Crippen LogP contribution in [0.15, 0.2) is 24.3 Å². The number of nitrogens with zero attached hydrogens (tertiary/aromatic N) is 6. The maximum Gasteiger partial charge on any atom is 0.184 e. The molecule has 3 heterocycles. The van der Waals surface area contributed by atoms with Gasteiger partial charge in [0, 0.05) is 41.8 Å². The molecule has 6 heteroatoms. The molecule has 0 aliphatic carbocycles. The van der Waals surface area contributed by atoms with Crippen LogP contribution in [0.1, 0.15) is 12.1 Å². The third kappa shape index (κ3) is 2.02. The van der Waals surface area contributed by atoms with Gasteiger partial charge in [0.15, 0.2) is 5.82 Å². The van der Waals surface area contributed by atoms with Crippen molar-refractivity contribution in [3.63, 3.8) is 0 Å². The van der Waals surface area contributed by atoms with Gasteiger partial charge in [-0.25, -0.2) is 4.68 Å². The van der Waals surface area contributed by atoms with Crippen LogP contribution >= 0.6 is 0 Å². The van der Waals surface area contributed by atoms with Gasteiger partial charge in [0.25, 0.3) is 0 Å². The zero-order valence-electron chi connectivity index (χ0n) is 13.0. The molecule has 0 saturated carbocycles. The molecular weight excluding hydrogens is 276 g/mol. The Hall–Kier alpha value is -2.21. The molecule has 0 fully saturated rings. The minimum atomic E-state index is 0.888.